The molecule has 4 nitrogen and oxygen atoms in total. The molecule has 1 unspecified atom stereocenters. The average molecular weight is 310 g/mol. The molecule has 1 atom stereocenters. The Kier molecular flexibility index (Phi) is 6.08. The standard InChI is InChI=1S/C16H26N2O2S/c1-7-8-9-14-13(10-11-18(6)15(14)19)12(2)17-21(20)16(3,4)5/h10-11H,7-9H2,1-6H3/b17-12-. The molecule has 118 valence electrons. The Morgan fingerprint density at radius 2 is 2.00 bits per heavy atom. The van der Waals surface area contributed by atoms with Crippen LogP contribution in [0.15, 0.2) is 21.5 Å². The number of aromatic nitrogens is 1. The van der Waals surface area contributed by atoms with E-state index < -0.39 is 15.7 Å². The molecule has 1 heterocycles. The first-order valence-electron chi connectivity index (χ1n) is 7.34. The van der Waals surface area contributed by atoms with Crippen LogP contribution in [0.2, 0.25) is 0 Å². The predicted octanol–water partition coefficient (Wildman–Crippen LogP) is 3.00. The fourth-order valence-electron chi connectivity index (χ4n) is 1.93. The van der Waals surface area contributed by atoms with Crippen molar-refractivity contribution in [2.45, 2.75) is 58.6 Å². The molecule has 0 aliphatic rings. The Morgan fingerprint density at radius 1 is 1.38 bits per heavy atom. The molecule has 1 rings (SSSR count). The third-order valence-electron chi connectivity index (χ3n) is 3.28. The van der Waals surface area contributed by atoms with Crippen molar-refractivity contribution in [2.24, 2.45) is 11.4 Å². The van der Waals surface area contributed by atoms with Gasteiger partial charge in [0.05, 0.1) is 10.5 Å². The molecular formula is C16H26N2O2S. The third-order valence-corrected chi connectivity index (χ3v) is 4.77. The van der Waals surface area contributed by atoms with Gasteiger partial charge in [-0.3, -0.25) is 4.79 Å². The monoisotopic (exact) mass is 310 g/mol. The minimum Gasteiger partial charge on any atom is -0.318 e. The number of hydrogen-bond acceptors (Lipinski definition) is 2. The van der Waals surface area contributed by atoms with Crippen LogP contribution in [0.3, 0.4) is 0 Å². The highest BCUT2D eigenvalue weighted by Crippen LogP contribution is 2.15. The summed E-state index contributed by atoms with van der Waals surface area (Å²) in [5.74, 6) is 0. The van der Waals surface area contributed by atoms with E-state index in [4.69, 9.17) is 0 Å². The van der Waals surface area contributed by atoms with Crippen molar-refractivity contribution < 1.29 is 4.21 Å². The molecule has 0 amide bonds. The Hall–Kier alpha value is -1.23. The lowest BCUT2D eigenvalue weighted by molar-refractivity contribution is 0.650. The molecule has 0 aliphatic carbocycles. The van der Waals surface area contributed by atoms with E-state index in [0.29, 0.717) is 5.71 Å². The van der Waals surface area contributed by atoms with E-state index in [1.54, 1.807) is 17.8 Å². The van der Waals surface area contributed by atoms with Crippen LogP contribution in [0.4, 0.5) is 0 Å². The molecule has 21 heavy (non-hydrogen) atoms. The molecule has 0 saturated heterocycles. The largest absolute Gasteiger partial charge is 0.318 e. The maximum absolute atomic E-state index is 12.3. The summed E-state index contributed by atoms with van der Waals surface area (Å²) in [6, 6.07) is 1.89. The molecule has 0 N–H and O–H groups in total. The molecule has 1 aromatic rings. The van der Waals surface area contributed by atoms with Crippen molar-refractivity contribution >= 4 is 16.7 Å². The zero-order valence-electron chi connectivity index (χ0n) is 13.9. The van der Waals surface area contributed by atoms with Gasteiger partial charge in [0.2, 0.25) is 0 Å². The van der Waals surface area contributed by atoms with E-state index in [1.165, 1.54) is 0 Å². The van der Waals surface area contributed by atoms with Crippen LogP contribution in [-0.4, -0.2) is 19.2 Å². The summed E-state index contributed by atoms with van der Waals surface area (Å²) in [4.78, 5) is 12.3. The van der Waals surface area contributed by atoms with Crippen molar-refractivity contribution in [3.8, 4) is 0 Å². The summed E-state index contributed by atoms with van der Waals surface area (Å²) in [7, 11) is 0.437. The van der Waals surface area contributed by atoms with E-state index in [2.05, 4.69) is 11.3 Å². The molecule has 0 saturated carbocycles. The summed E-state index contributed by atoms with van der Waals surface area (Å²) >= 11 is 0. The van der Waals surface area contributed by atoms with Crippen LogP contribution in [-0.2, 0) is 24.5 Å². The quantitative estimate of drug-likeness (QED) is 0.785. The SMILES string of the molecule is CCCCc1c(/C(C)=N\S(=O)C(C)(C)C)ccn(C)c1=O. The van der Waals surface area contributed by atoms with E-state index in [0.717, 1.165) is 30.4 Å². The highest BCUT2D eigenvalue weighted by molar-refractivity contribution is 7.85. The van der Waals surface area contributed by atoms with E-state index in [9.17, 15) is 9.00 Å². The molecule has 0 spiro atoms. The normalized spacial score (nSPS) is 14.3. The number of unbranched alkanes of at least 4 members (excludes halogenated alkanes) is 1. The zero-order valence-corrected chi connectivity index (χ0v) is 14.7. The lowest BCUT2D eigenvalue weighted by Crippen LogP contribution is -2.25. The summed E-state index contributed by atoms with van der Waals surface area (Å²) in [6.45, 7) is 9.60. The van der Waals surface area contributed by atoms with Crippen LogP contribution in [0.25, 0.3) is 0 Å². The highest BCUT2D eigenvalue weighted by atomic mass is 32.2. The van der Waals surface area contributed by atoms with Gasteiger partial charge in [-0.15, -0.1) is 0 Å². The van der Waals surface area contributed by atoms with Gasteiger partial charge in [-0.05, 0) is 46.6 Å². The summed E-state index contributed by atoms with van der Waals surface area (Å²) < 4.78 is 17.7. The summed E-state index contributed by atoms with van der Waals surface area (Å²) in [5, 5.41) is 0. The maximum Gasteiger partial charge on any atom is 0.254 e. The molecule has 0 aliphatic heterocycles. The molecule has 0 bridgehead atoms. The van der Waals surface area contributed by atoms with Gasteiger partial charge in [0, 0.05) is 24.4 Å². The Labute approximate surface area is 129 Å². The van der Waals surface area contributed by atoms with Gasteiger partial charge < -0.3 is 4.57 Å². The van der Waals surface area contributed by atoms with Gasteiger partial charge in [-0.25, -0.2) is 4.21 Å². The number of aryl methyl sites for hydroxylation is 1. The van der Waals surface area contributed by atoms with Crippen LogP contribution in [0.5, 0.6) is 0 Å². The van der Waals surface area contributed by atoms with Gasteiger partial charge in [-0.1, -0.05) is 13.3 Å². The van der Waals surface area contributed by atoms with Gasteiger partial charge in [0.1, 0.15) is 11.0 Å². The van der Waals surface area contributed by atoms with Crippen molar-refractivity contribution in [3.63, 3.8) is 0 Å². The van der Waals surface area contributed by atoms with Gasteiger partial charge in [-0.2, -0.15) is 4.40 Å². The lowest BCUT2D eigenvalue weighted by atomic mass is 10.0. The Morgan fingerprint density at radius 3 is 2.52 bits per heavy atom. The minimum absolute atomic E-state index is 0.0111. The average Bonchev–Trinajstić information content (AvgIpc) is 2.39. The summed E-state index contributed by atoms with van der Waals surface area (Å²) in [5.41, 5.74) is 2.28. The maximum atomic E-state index is 12.3. The second kappa shape index (κ2) is 7.16. The Balaban J connectivity index is 3.29. The molecule has 5 heteroatoms. The third kappa shape index (κ3) is 4.63. The first-order valence-corrected chi connectivity index (χ1v) is 8.45. The number of pyridine rings is 1. The van der Waals surface area contributed by atoms with Crippen molar-refractivity contribution in [1.29, 1.82) is 0 Å². The molecule has 0 radical (unpaired) electrons. The summed E-state index contributed by atoms with van der Waals surface area (Å²) in [6.07, 6.45) is 4.46. The number of hydrogen-bond donors (Lipinski definition) is 0. The van der Waals surface area contributed by atoms with E-state index in [1.807, 2.05) is 33.8 Å². The first-order chi connectivity index (χ1) is 9.68. The predicted molar refractivity (Wildman–Crippen MR) is 90.4 cm³/mol. The second-order valence-electron chi connectivity index (χ2n) is 6.27. The smallest absolute Gasteiger partial charge is 0.254 e. The van der Waals surface area contributed by atoms with Crippen LogP contribution >= 0.6 is 0 Å². The van der Waals surface area contributed by atoms with Crippen molar-refractivity contribution in [2.75, 3.05) is 0 Å². The van der Waals surface area contributed by atoms with Crippen LogP contribution in [0.1, 0.15) is 58.6 Å². The fourth-order valence-corrected chi connectivity index (χ4v) is 2.55. The van der Waals surface area contributed by atoms with Gasteiger partial charge >= 0.3 is 0 Å². The topological polar surface area (TPSA) is 51.4 Å². The molecule has 0 fully saturated rings. The number of rotatable bonds is 5. The van der Waals surface area contributed by atoms with Crippen LogP contribution in [0, 0.1) is 0 Å². The first kappa shape index (κ1) is 17.8. The Bertz CT molecular complexity index is 610. The van der Waals surface area contributed by atoms with E-state index in [-0.39, 0.29) is 5.56 Å². The van der Waals surface area contributed by atoms with Crippen molar-refractivity contribution in [1.82, 2.24) is 4.57 Å². The molecule has 0 aromatic carbocycles. The molecule has 1 aromatic heterocycles. The minimum atomic E-state index is -1.31. The van der Waals surface area contributed by atoms with Crippen molar-refractivity contribution in [3.05, 3.63) is 33.7 Å². The lowest BCUT2D eigenvalue weighted by Gasteiger charge is -2.15. The second-order valence-corrected chi connectivity index (χ2v) is 8.17. The van der Waals surface area contributed by atoms with Crippen LogP contribution < -0.4 is 5.56 Å². The van der Waals surface area contributed by atoms with E-state index >= 15 is 0 Å². The number of nitrogens with zero attached hydrogens (tertiary/aromatic N) is 2. The van der Waals surface area contributed by atoms with Gasteiger partial charge in [0.25, 0.3) is 5.56 Å². The highest BCUT2D eigenvalue weighted by Gasteiger charge is 2.20. The van der Waals surface area contributed by atoms with Gasteiger partial charge in [0.15, 0.2) is 0 Å². The fraction of sp³-hybridized carbons (Fsp3) is 0.625. The zero-order chi connectivity index (χ0) is 16.2. The molecular weight excluding hydrogens is 284 g/mol.